The Balaban J connectivity index is 2.05. The third-order valence-corrected chi connectivity index (χ3v) is 3.09. The van der Waals surface area contributed by atoms with Crippen molar-refractivity contribution in [2.24, 2.45) is 0 Å². The van der Waals surface area contributed by atoms with Crippen LogP contribution in [0.1, 0.15) is 19.8 Å². The van der Waals surface area contributed by atoms with Crippen LogP contribution in [0.15, 0.2) is 0 Å². The van der Waals surface area contributed by atoms with Crippen molar-refractivity contribution >= 4 is 11.8 Å². The van der Waals surface area contributed by atoms with E-state index in [0.717, 1.165) is 25.9 Å². The molecule has 2 N–H and O–H groups in total. The Morgan fingerprint density at radius 3 is 2.60 bits per heavy atom. The van der Waals surface area contributed by atoms with E-state index in [1.807, 2.05) is 0 Å². The fourth-order valence-electron chi connectivity index (χ4n) is 2.26. The molecule has 0 saturated carbocycles. The third kappa shape index (κ3) is 2.12. The minimum Gasteiger partial charge on any atom is -0.343 e. The summed E-state index contributed by atoms with van der Waals surface area (Å²) in [6.07, 6.45) is 1.90. The highest BCUT2D eigenvalue weighted by molar-refractivity contribution is 5.94. The first-order chi connectivity index (χ1) is 7.18. The number of nitrogens with zero attached hydrogens (tertiary/aromatic N) is 1. The number of amides is 2. The fourth-order valence-corrected chi connectivity index (χ4v) is 2.26. The standard InChI is InChI=1S/C10H17N3O2/c1-7-10(15)13(6-9(14)12-7)8-2-4-11-5-3-8/h7-8,11H,2-6H2,1H3,(H,12,14). The summed E-state index contributed by atoms with van der Waals surface area (Å²) >= 11 is 0. The molecule has 2 fully saturated rings. The highest BCUT2D eigenvalue weighted by atomic mass is 16.2. The number of hydrogen-bond acceptors (Lipinski definition) is 3. The maximum absolute atomic E-state index is 11.9. The number of rotatable bonds is 1. The molecule has 0 bridgehead atoms. The predicted molar refractivity (Wildman–Crippen MR) is 55.2 cm³/mol. The van der Waals surface area contributed by atoms with Gasteiger partial charge in [-0.15, -0.1) is 0 Å². The van der Waals surface area contributed by atoms with Crippen LogP contribution in [0.3, 0.4) is 0 Å². The lowest BCUT2D eigenvalue weighted by atomic mass is 10.0. The molecule has 2 amide bonds. The summed E-state index contributed by atoms with van der Waals surface area (Å²) in [7, 11) is 0. The van der Waals surface area contributed by atoms with Gasteiger partial charge in [-0.1, -0.05) is 0 Å². The Morgan fingerprint density at radius 1 is 1.27 bits per heavy atom. The monoisotopic (exact) mass is 211 g/mol. The number of piperidine rings is 1. The second-order valence-electron chi connectivity index (χ2n) is 4.24. The Hall–Kier alpha value is -1.10. The van der Waals surface area contributed by atoms with Crippen molar-refractivity contribution < 1.29 is 9.59 Å². The number of carbonyl (C=O) groups is 2. The molecule has 2 saturated heterocycles. The Bertz CT molecular complexity index is 274. The van der Waals surface area contributed by atoms with Gasteiger partial charge in [-0.25, -0.2) is 0 Å². The van der Waals surface area contributed by atoms with Crippen LogP contribution in [-0.4, -0.2) is 48.4 Å². The molecule has 2 aliphatic heterocycles. The van der Waals surface area contributed by atoms with Gasteiger partial charge in [-0.2, -0.15) is 0 Å². The summed E-state index contributed by atoms with van der Waals surface area (Å²) in [5.41, 5.74) is 0. The van der Waals surface area contributed by atoms with Crippen LogP contribution in [0.4, 0.5) is 0 Å². The van der Waals surface area contributed by atoms with E-state index in [9.17, 15) is 9.59 Å². The number of piperazine rings is 1. The number of carbonyl (C=O) groups excluding carboxylic acids is 2. The largest absolute Gasteiger partial charge is 0.343 e. The van der Waals surface area contributed by atoms with Crippen LogP contribution in [0.5, 0.6) is 0 Å². The SMILES string of the molecule is CC1NC(=O)CN(C2CCNCC2)C1=O. The van der Waals surface area contributed by atoms with Gasteiger partial charge in [0.1, 0.15) is 6.04 Å². The van der Waals surface area contributed by atoms with E-state index < -0.39 is 0 Å². The molecule has 84 valence electrons. The van der Waals surface area contributed by atoms with Gasteiger partial charge in [0.15, 0.2) is 0 Å². The highest BCUT2D eigenvalue weighted by Crippen LogP contribution is 2.15. The average molecular weight is 211 g/mol. The van der Waals surface area contributed by atoms with E-state index >= 15 is 0 Å². The molecule has 0 aromatic carbocycles. The second kappa shape index (κ2) is 4.18. The molecule has 2 heterocycles. The van der Waals surface area contributed by atoms with Gasteiger partial charge >= 0.3 is 0 Å². The summed E-state index contributed by atoms with van der Waals surface area (Å²) < 4.78 is 0. The Labute approximate surface area is 89.2 Å². The lowest BCUT2D eigenvalue weighted by Crippen LogP contribution is -2.60. The second-order valence-corrected chi connectivity index (χ2v) is 4.24. The molecule has 1 unspecified atom stereocenters. The van der Waals surface area contributed by atoms with Crippen molar-refractivity contribution in [1.82, 2.24) is 15.5 Å². The first-order valence-corrected chi connectivity index (χ1v) is 5.49. The lowest BCUT2D eigenvalue weighted by Gasteiger charge is -2.38. The van der Waals surface area contributed by atoms with Gasteiger partial charge in [0, 0.05) is 6.04 Å². The Morgan fingerprint density at radius 2 is 1.93 bits per heavy atom. The van der Waals surface area contributed by atoms with Gasteiger partial charge in [-0.3, -0.25) is 9.59 Å². The number of hydrogen-bond donors (Lipinski definition) is 2. The minimum atomic E-state index is -0.360. The Kier molecular flexibility index (Phi) is 2.90. The van der Waals surface area contributed by atoms with Crippen LogP contribution < -0.4 is 10.6 Å². The maximum Gasteiger partial charge on any atom is 0.245 e. The number of nitrogens with one attached hydrogen (secondary N) is 2. The van der Waals surface area contributed by atoms with E-state index in [4.69, 9.17) is 0 Å². The minimum absolute atomic E-state index is 0.0411. The van der Waals surface area contributed by atoms with Crippen molar-refractivity contribution in [1.29, 1.82) is 0 Å². The molecule has 1 atom stereocenters. The molecule has 15 heavy (non-hydrogen) atoms. The zero-order valence-corrected chi connectivity index (χ0v) is 8.95. The van der Waals surface area contributed by atoms with E-state index in [-0.39, 0.29) is 30.4 Å². The van der Waals surface area contributed by atoms with Gasteiger partial charge in [0.05, 0.1) is 6.54 Å². The summed E-state index contributed by atoms with van der Waals surface area (Å²) in [5, 5.41) is 5.90. The van der Waals surface area contributed by atoms with Crippen molar-refractivity contribution in [2.75, 3.05) is 19.6 Å². The third-order valence-electron chi connectivity index (χ3n) is 3.09. The van der Waals surface area contributed by atoms with E-state index in [0.29, 0.717) is 0 Å². The zero-order chi connectivity index (χ0) is 10.8. The molecule has 0 aliphatic carbocycles. The van der Waals surface area contributed by atoms with Crippen LogP contribution >= 0.6 is 0 Å². The van der Waals surface area contributed by atoms with Gasteiger partial charge in [0.25, 0.3) is 0 Å². The smallest absolute Gasteiger partial charge is 0.245 e. The van der Waals surface area contributed by atoms with Gasteiger partial charge in [0.2, 0.25) is 11.8 Å². The van der Waals surface area contributed by atoms with Crippen molar-refractivity contribution in [3.63, 3.8) is 0 Å². The topological polar surface area (TPSA) is 61.4 Å². The van der Waals surface area contributed by atoms with Crippen LogP contribution in [-0.2, 0) is 9.59 Å². The van der Waals surface area contributed by atoms with Crippen molar-refractivity contribution in [3.05, 3.63) is 0 Å². The summed E-state index contributed by atoms with van der Waals surface area (Å²) in [4.78, 5) is 25.0. The highest BCUT2D eigenvalue weighted by Gasteiger charge is 2.34. The molecule has 2 aliphatic rings. The quantitative estimate of drug-likeness (QED) is 0.590. The molecular formula is C10H17N3O2. The average Bonchev–Trinajstić information content (AvgIpc) is 2.24. The van der Waals surface area contributed by atoms with Crippen LogP contribution in [0.2, 0.25) is 0 Å². The maximum atomic E-state index is 11.9. The van der Waals surface area contributed by atoms with Gasteiger partial charge in [-0.05, 0) is 32.9 Å². The van der Waals surface area contributed by atoms with E-state index in [1.165, 1.54) is 0 Å². The van der Waals surface area contributed by atoms with Crippen molar-refractivity contribution in [2.45, 2.75) is 31.8 Å². The van der Waals surface area contributed by atoms with Crippen LogP contribution in [0, 0.1) is 0 Å². The first-order valence-electron chi connectivity index (χ1n) is 5.49. The van der Waals surface area contributed by atoms with Crippen molar-refractivity contribution in [3.8, 4) is 0 Å². The molecule has 0 aromatic heterocycles. The predicted octanol–water partition coefficient (Wildman–Crippen LogP) is -0.915. The van der Waals surface area contributed by atoms with E-state index in [2.05, 4.69) is 10.6 Å². The molecule has 0 aromatic rings. The molecule has 2 rings (SSSR count). The summed E-state index contributed by atoms with van der Waals surface area (Å²) in [6.45, 7) is 3.84. The molecular weight excluding hydrogens is 194 g/mol. The summed E-state index contributed by atoms with van der Waals surface area (Å²) in [5.74, 6) is 0.0159. The normalized spacial score (nSPS) is 29.1. The zero-order valence-electron chi connectivity index (χ0n) is 8.95. The molecule has 5 nitrogen and oxygen atoms in total. The van der Waals surface area contributed by atoms with Gasteiger partial charge < -0.3 is 15.5 Å². The molecule has 0 radical (unpaired) electrons. The van der Waals surface area contributed by atoms with Crippen LogP contribution in [0.25, 0.3) is 0 Å². The molecule has 5 heteroatoms. The first kappa shape index (κ1) is 10.4. The summed E-state index contributed by atoms with van der Waals surface area (Å²) in [6, 6.07) is -0.117. The lowest BCUT2D eigenvalue weighted by molar-refractivity contribution is -0.146. The fraction of sp³-hybridized carbons (Fsp3) is 0.800. The van der Waals surface area contributed by atoms with E-state index in [1.54, 1.807) is 11.8 Å². The molecule has 0 spiro atoms.